The molecule has 5 nitrogen and oxygen atoms in total. The van der Waals surface area contributed by atoms with Crippen molar-refractivity contribution in [2.75, 3.05) is 17.7 Å². The SMILES string of the molecule is CNc1ncc(C(=O)Nc2cnccc2C)cc1Cl. The molecule has 98 valence electrons. The number of nitrogens with zero attached hydrogens (tertiary/aromatic N) is 2. The predicted molar refractivity (Wildman–Crippen MR) is 75.7 cm³/mol. The van der Waals surface area contributed by atoms with E-state index >= 15 is 0 Å². The number of halogens is 1. The van der Waals surface area contributed by atoms with E-state index in [0.29, 0.717) is 22.1 Å². The lowest BCUT2D eigenvalue weighted by atomic mass is 10.2. The van der Waals surface area contributed by atoms with Gasteiger partial charge in [0.05, 0.1) is 22.5 Å². The van der Waals surface area contributed by atoms with Crippen LogP contribution >= 0.6 is 11.6 Å². The molecule has 0 aliphatic heterocycles. The highest BCUT2D eigenvalue weighted by Crippen LogP contribution is 2.20. The molecule has 2 aromatic rings. The highest BCUT2D eigenvalue weighted by molar-refractivity contribution is 6.33. The number of carbonyl (C=O) groups is 1. The van der Waals surface area contributed by atoms with Gasteiger partial charge in [0.2, 0.25) is 0 Å². The minimum Gasteiger partial charge on any atom is -0.372 e. The molecule has 6 heteroatoms. The van der Waals surface area contributed by atoms with Crippen LogP contribution in [0.25, 0.3) is 0 Å². The molecular formula is C13H13ClN4O. The second kappa shape index (κ2) is 5.67. The number of hydrogen-bond donors (Lipinski definition) is 2. The zero-order valence-corrected chi connectivity index (χ0v) is 11.3. The van der Waals surface area contributed by atoms with Crippen LogP contribution in [-0.4, -0.2) is 22.9 Å². The second-order valence-electron chi connectivity index (χ2n) is 3.95. The maximum atomic E-state index is 12.1. The number of aryl methyl sites for hydroxylation is 1. The minimum absolute atomic E-state index is 0.270. The number of aromatic nitrogens is 2. The largest absolute Gasteiger partial charge is 0.372 e. The number of anilines is 2. The van der Waals surface area contributed by atoms with E-state index in [1.807, 2.05) is 13.0 Å². The van der Waals surface area contributed by atoms with Gasteiger partial charge in [-0.3, -0.25) is 9.78 Å². The summed E-state index contributed by atoms with van der Waals surface area (Å²) in [4.78, 5) is 20.1. The number of pyridine rings is 2. The van der Waals surface area contributed by atoms with E-state index in [1.165, 1.54) is 6.20 Å². The van der Waals surface area contributed by atoms with Gasteiger partial charge in [-0.25, -0.2) is 4.98 Å². The molecule has 0 bridgehead atoms. The molecule has 19 heavy (non-hydrogen) atoms. The molecule has 2 rings (SSSR count). The van der Waals surface area contributed by atoms with Gasteiger partial charge in [-0.05, 0) is 24.6 Å². The third-order valence-corrected chi connectivity index (χ3v) is 2.92. The molecule has 0 aliphatic rings. The third-order valence-electron chi connectivity index (χ3n) is 2.63. The molecule has 0 atom stereocenters. The van der Waals surface area contributed by atoms with Crippen molar-refractivity contribution in [2.24, 2.45) is 0 Å². The number of nitrogens with one attached hydrogen (secondary N) is 2. The van der Waals surface area contributed by atoms with Crippen molar-refractivity contribution in [3.05, 3.63) is 46.9 Å². The fraction of sp³-hybridized carbons (Fsp3) is 0.154. The normalized spacial score (nSPS) is 10.1. The summed E-state index contributed by atoms with van der Waals surface area (Å²) < 4.78 is 0. The topological polar surface area (TPSA) is 66.9 Å². The summed E-state index contributed by atoms with van der Waals surface area (Å²) in [5.74, 6) is 0.268. The Morgan fingerprint density at radius 1 is 1.37 bits per heavy atom. The molecular weight excluding hydrogens is 264 g/mol. The summed E-state index contributed by atoms with van der Waals surface area (Å²) in [5.41, 5.74) is 2.00. The molecule has 0 radical (unpaired) electrons. The summed E-state index contributed by atoms with van der Waals surface area (Å²) in [6.07, 6.45) is 4.74. The highest BCUT2D eigenvalue weighted by atomic mass is 35.5. The zero-order chi connectivity index (χ0) is 13.8. The second-order valence-corrected chi connectivity index (χ2v) is 4.36. The quantitative estimate of drug-likeness (QED) is 0.905. The molecule has 2 heterocycles. The van der Waals surface area contributed by atoms with Crippen molar-refractivity contribution in [2.45, 2.75) is 6.92 Å². The Balaban J connectivity index is 2.21. The van der Waals surface area contributed by atoms with E-state index in [1.54, 1.807) is 25.5 Å². The smallest absolute Gasteiger partial charge is 0.257 e. The van der Waals surface area contributed by atoms with E-state index in [0.717, 1.165) is 5.56 Å². The van der Waals surface area contributed by atoms with Gasteiger partial charge in [-0.1, -0.05) is 11.6 Å². The van der Waals surface area contributed by atoms with E-state index in [4.69, 9.17) is 11.6 Å². The van der Waals surface area contributed by atoms with Crippen molar-refractivity contribution >= 4 is 29.0 Å². The summed E-state index contributed by atoms with van der Waals surface area (Å²) >= 11 is 5.99. The lowest BCUT2D eigenvalue weighted by Crippen LogP contribution is -2.13. The first kappa shape index (κ1) is 13.3. The number of carbonyl (C=O) groups excluding carboxylic acids is 1. The average molecular weight is 277 g/mol. The van der Waals surface area contributed by atoms with Crippen LogP contribution in [0.2, 0.25) is 5.02 Å². The van der Waals surface area contributed by atoms with Crippen LogP contribution in [0.4, 0.5) is 11.5 Å². The average Bonchev–Trinajstić information content (AvgIpc) is 2.41. The Kier molecular flexibility index (Phi) is 3.97. The van der Waals surface area contributed by atoms with Crippen molar-refractivity contribution in [3.8, 4) is 0 Å². The van der Waals surface area contributed by atoms with Crippen LogP contribution in [0.3, 0.4) is 0 Å². The molecule has 2 aromatic heterocycles. The Labute approximate surface area is 116 Å². The number of hydrogen-bond acceptors (Lipinski definition) is 4. The van der Waals surface area contributed by atoms with E-state index in [9.17, 15) is 4.79 Å². The van der Waals surface area contributed by atoms with Gasteiger partial charge < -0.3 is 10.6 Å². The van der Waals surface area contributed by atoms with E-state index in [2.05, 4.69) is 20.6 Å². The van der Waals surface area contributed by atoms with Crippen molar-refractivity contribution in [3.63, 3.8) is 0 Å². The fourth-order valence-corrected chi connectivity index (χ4v) is 1.80. The monoisotopic (exact) mass is 276 g/mol. The molecule has 2 N–H and O–H groups in total. The molecule has 0 spiro atoms. The maximum Gasteiger partial charge on any atom is 0.257 e. The zero-order valence-electron chi connectivity index (χ0n) is 10.6. The maximum absolute atomic E-state index is 12.1. The Hall–Kier alpha value is -2.14. The Morgan fingerprint density at radius 3 is 2.79 bits per heavy atom. The van der Waals surface area contributed by atoms with Gasteiger partial charge in [0.25, 0.3) is 5.91 Å². The van der Waals surface area contributed by atoms with Gasteiger partial charge in [-0.15, -0.1) is 0 Å². The van der Waals surface area contributed by atoms with E-state index in [-0.39, 0.29) is 5.91 Å². The molecule has 0 unspecified atom stereocenters. The van der Waals surface area contributed by atoms with Crippen LogP contribution in [-0.2, 0) is 0 Å². The molecule has 1 amide bonds. The first-order valence-electron chi connectivity index (χ1n) is 5.67. The summed E-state index contributed by atoms with van der Waals surface area (Å²) in [6, 6.07) is 3.40. The Morgan fingerprint density at radius 2 is 2.16 bits per heavy atom. The van der Waals surface area contributed by atoms with Crippen molar-refractivity contribution in [1.29, 1.82) is 0 Å². The van der Waals surface area contributed by atoms with Gasteiger partial charge in [0.1, 0.15) is 5.82 Å². The summed E-state index contributed by atoms with van der Waals surface area (Å²) in [7, 11) is 1.72. The molecule has 0 aromatic carbocycles. The van der Waals surface area contributed by atoms with Gasteiger partial charge >= 0.3 is 0 Å². The third kappa shape index (κ3) is 3.00. The van der Waals surface area contributed by atoms with Crippen molar-refractivity contribution in [1.82, 2.24) is 9.97 Å². The fourth-order valence-electron chi connectivity index (χ4n) is 1.54. The van der Waals surface area contributed by atoms with Crippen LogP contribution < -0.4 is 10.6 Å². The minimum atomic E-state index is -0.270. The van der Waals surface area contributed by atoms with Gasteiger partial charge in [-0.2, -0.15) is 0 Å². The lowest BCUT2D eigenvalue weighted by molar-refractivity contribution is 0.102. The standard InChI is InChI=1S/C13H13ClN4O/c1-8-3-4-16-7-11(8)18-13(19)9-5-10(14)12(15-2)17-6-9/h3-7H,1-2H3,(H,15,17)(H,18,19). The first-order valence-corrected chi connectivity index (χ1v) is 6.05. The molecule has 0 saturated carbocycles. The summed E-state index contributed by atoms with van der Waals surface area (Å²) in [6.45, 7) is 1.90. The predicted octanol–water partition coefficient (Wildman–Crippen LogP) is 2.73. The number of amides is 1. The van der Waals surface area contributed by atoms with Gasteiger partial charge in [0.15, 0.2) is 0 Å². The Bertz CT molecular complexity index is 615. The highest BCUT2D eigenvalue weighted by Gasteiger charge is 2.10. The number of rotatable bonds is 3. The van der Waals surface area contributed by atoms with Crippen LogP contribution in [0.15, 0.2) is 30.7 Å². The van der Waals surface area contributed by atoms with E-state index < -0.39 is 0 Å². The van der Waals surface area contributed by atoms with Crippen LogP contribution in [0.5, 0.6) is 0 Å². The molecule has 0 fully saturated rings. The molecule has 0 saturated heterocycles. The van der Waals surface area contributed by atoms with Gasteiger partial charge in [0, 0.05) is 19.4 Å². The first-order chi connectivity index (χ1) is 9.11. The summed E-state index contributed by atoms with van der Waals surface area (Å²) in [5, 5.41) is 6.01. The molecule has 0 aliphatic carbocycles. The van der Waals surface area contributed by atoms with Crippen LogP contribution in [0, 0.1) is 6.92 Å². The lowest BCUT2D eigenvalue weighted by Gasteiger charge is -2.08. The van der Waals surface area contributed by atoms with Crippen molar-refractivity contribution < 1.29 is 4.79 Å². The van der Waals surface area contributed by atoms with Crippen LogP contribution in [0.1, 0.15) is 15.9 Å².